The molecule has 1 rings (SSSR count). The van der Waals surface area contributed by atoms with E-state index in [2.05, 4.69) is 6.58 Å². The molecule has 1 aliphatic rings. The molecule has 1 fully saturated rings. The first-order valence-electron chi connectivity index (χ1n) is 3.83. The lowest BCUT2D eigenvalue weighted by Crippen LogP contribution is -1.99. The number of hydrogen-bond donors (Lipinski definition) is 0. The van der Waals surface area contributed by atoms with E-state index in [1.807, 2.05) is 0 Å². The van der Waals surface area contributed by atoms with Crippen LogP contribution in [-0.2, 0) is 14.3 Å². The number of ether oxygens (including phenoxy) is 2. The van der Waals surface area contributed by atoms with Crippen molar-refractivity contribution < 1.29 is 14.3 Å². The average Bonchev–Trinajstić information content (AvgIpc) is 2.80. The summed E-state index contributed by atoms with van der Waals surface area (Å²) in [4.78, 5) is 10.8. The van der Waals surface area contributed by atoms with E-state index in [4.69, 9.17) is 9.47 Å². The van der Waals surface area contributed by atoms with Crippen molar-refractivity contribution in [3.63, 3.8) is 0 Å². The molecule has 0 aromatic rings. The minimum atomic E-state index is -0.386. The third-order valence-corrected chi connectivity index (χ3v) is 1.42. The second kappa shape index (κ2) is 4.07. The van der Waals surface area contributed by atoms with Crippen LogP contribution >= 0.6 is 0 Å². The number of hydrogen-bond acceptors (Lipinski definition) is 3. The summed E-state index contributed by atoms with van der Waals surface area (Å²) in [7, 11) is 0. The molecule has 0 N–H and O–H groups in total. The number of esters is 1. The van der Waals surface area contributed by atoms with Gasteiger partial charge in [-0.05, 0) is 19.4 Å². The van der Waals surface area contributed by atoms with Crippen molar-refractivity contribution in [2.75, 3.05) is 6.61 Å². The molecule has 0 spiro atoms. The fourth-order valence-corrected chi connectivity index (χ4v) is 0.622. The van der Waals surface area contributed by atoms with Crippen molar-refractivity contribution in [1.82, 2.24) is 0 Å². The van der Waals surface area contributed by atoms with Gasteiger partial charge in [0, 0.05) is 5.57 Å². The van der Waals surface area contributed by atoms with E-state index in [0.717, 1.165) is 13.0 Å². The van der Waals surface area contributed by atoms with E-state index in [1.165, 1.54) is 6.26 Å². The molecule has 0 aromatic carbocycles. The Morgan fingerprint density at radius 1 is 1.83 bits per heavy atom. The van der Waals surface area contributed by atoms with Gasteiger partial charge in [0.15, 0.2) is 0 Å². The quantitative estimate of drug-likeness (QED) is 0.276. The summed E-state index contributed by atoms with van der Waals surface area (Å²) >= 11 is 0. The minimum Gasteiger partial charge on any atom is -0.431 e. The number of epoxide rings is 1. The van der Waals surface area contributed by atoms with E-state index in [1.54, 1.807) is 13.0 Å². The number of carbonyl (C=O) groups is 1. The van der Waals surface area contributed by atoms with E-state index >= 15 is 0 Å². The summed E-state index contributed by atoms with van der Waals surface area (Å²) in [5, 5.41) is 0. The second-order valence-corrected chi connectivity index (χ2v) is 2.75. The molecule has 1 saturated heterocycles. The SMILES string of the molecule is C=C(C)C(=O)OC=CCC1CO1. The molecule has 0 saturated carbocycles. The summed E-state index contributed by atoms with van der Waals surface area (Å²) in [5.41, 5.74) is 0.405. The van der Waals surface area contributed by atoms with Crippen LogP contribution in [0.4, 0.5) is 0 Å². The van der Waals surface area contributed by atoms with Crippen LogP contribution in [0.15, 0.2) is 24.5 Å². The maximum atomic E-state index is 10.8. The lowest BCUT2D eigenvalue weighted by molar-refractivity contribution is -0.133. The summed E-state index contributed by atoms with van der Waals surface area (Å²) in [6.45, 7) is 5.88. The number of rotatable bonds is 4. The molecule has 0 amide bonds. The Morgan fingerprint density at radius 2 is 2.50 bits per heavy atom. The topological polar surface area (TPSA) is 38.8 Å². The first-order chi connectivity index (χ1) is 5.70. The van der Waals surface area contributed by atoms with Crippen molar-refractivity contribution in [2.45, 2.75) is 19.4 Å². The van der Waals surface area contributed by atoms with Crippen molar-refractivity contribution in [1.29, 1.82) is 0 Å². The zero-order valence-electron chi connectivity index (χ0n) is 7.08. The van der Waals surface area contributed by atoms with Crippen molar-refractivity contribution in [3.8, 4) is 0 Å². The smallest absolute Gasteiger partial charge is 0.337 e. The monoisotopic (exact) mass is 168 g/mol. The first-order valence-corrected chi connectivity index (χ1v) is 3.83. The van der Waals surface area contributed by atoms with E-state index < -0.39 is 0 Å². The molecule has 1 atom stereocenters. The summed E-state index contributed by atoms with van der Waals surface area (Å²) in [5.74, 6) is -0.386. The molecule has 12 heavy (non-hydrogen) atoms. The zero-order valence-corrected chi connectivity index (χ0v) is 7.08. The van der Waals surface area contributed by atoms with E-state index in [9.17, 15) is 4.79 Å². The molecule has 3 heteroatoms. The van der Waals surface area contributed by atoms with Crippen LogP contribution in [0.25, 0.3) is 0 Å². The van der Waals surface area contributed by atoms with E-state index in [-0.39, 0.29) is 5.97 Å². The van der Waals surface area contributed by atoms with Gasteiger partial charge in [0.2, 0.25) is 0 Å². The fraction of sp³-hybridized carbons (Fsp3) is 0.444. The molecule has 66 valence electrons. The van der Waals surface area contributed by atoms with Gasteiger partial charge >= 0.3 is 5.97 Å². The molecule has 0 aromatic heterocycles. The summed E-state index contributed by atoms with van der Waals surface area (Å²) in [6.07, 6.45) is 4.31. The Labute approximate surface area is 71.7 Å². The highest BCUT2D eigenvalue weighted by Gasteiger charge is 2.19. The largest absolute Gasteiger partial charge is 0.431 e. The van der Waals surface area contributed by atoms with Crippen LogP contribution in [0.1, 0.15) is 13.3 Å². The molecular weight excluding hydrogens is 156 g/mol. The average molecular weight is 168 g/mol. The maximum absolute atomic E-state index is 10.8. The highest BCUT2D eigenvalue weighted by Crippen LogP contribution is 2.13. The van der Waals surface area contributed by atoms with Gasteiger partial charge in [-0.25, -0.2) is 4.79 Å². The third kappa shape index (κ3) is 3.34. The molecule has 1 heterocycles. The molecule has 1 unspecified atom stereocenters. The standard InChI is InChI=1S/C9H12O3/c1-7(2)9(10)11-5-3-4-8-6-12-8/h3,5,8H,1,4,6H2,2H3. The van der Waals surface area contributed by atoms with Crippen LogP contribution in [0.5, 0.6) is 0 Å². The minimum absolute atomic E-state index is 0.338. The Morgan fingerprint density at radius 3 is 3.00 bits per heavy atom. The number of carbonyl (C=O) groups excluding carboxylic acids is 1. The fourth-order valence-electron chi connectivity index (χ4n) is 0.622. The Balaban J connectivity index is 2.10. The van der Waals surface area contributed by atoms with Gasteiger partial charge < -0.3 is 9.47 Å². The Hall–Kier alpha value is -1.09. The van der Waals surface area contributed by atoms with Crippen molar-refractivity contribution in [2.24, 2.45) is 0 Å². The molecule has 1 aliphatic heterocycles. The van der Waals surface area contributed by atoms with E-state index in [0.29, 0.717) is 11.7 Å². The third-order valence-electron chi connectivity index (χ3n) is 1.42. The van der Waals surface area contributed by atoms with Gasteiger partial charge in [0.05, 0.1) is 19.0 Å². The first kappa shape index (κ1) is 9.00. The summed E-state index contributed by atoms with van der Waals surface area (Å²) < 4.78 is 9.66. The van der Waals surface area contributed by atoms with Crippen LogP contribution in [0, 0.1) is 0 Å². The van der Waals surface area contributed by atoms with Crippen LogP contribution in [0.2, 0.25) is 0 Å². The predicted molar refractivity (Wildman–Crippen MR) is 44.4 cm³/mol. The van der Waals surface area contributed by atoms with Gasteiger partial charge in [-0.3, -0.25) is 0 Å². The molecule has 3 nitrogen and oxygen atoms in total. The molecule has 0 radical (unpaired) electrons. The lowest BCUT2D eigenvalue weighted by Gasteiger charge is -1.95. The van der Waals surface area contributed by atoms with Gasteiger partial charge in [-0.2, -0.15) is 0 Å². The lowest BCUT2D eigenvalue weighted by atomic mass is 10.3. The molecule has 0 aliphatic carbocycles. The van der Waals surface area contributed by atoms with Crippen molar-refractivity contribution in [3.05, 3.63) is 24.5 Å². The Kier molecular flexibility index (Phi) is 3.05. The summed E-state index contributed by atoms with van der Waals surface area (Å²) in [6, 6.07) is 0. The normalized spacial score (nSPS) is 20.9. The van der Waals surface area contributed by atoms with Crippen LogP contribution < -0.4 is 0 Å². The molecule has 0 bridgehead atoms. The van der Waals surface area contributed by atoms with Gasteiger partial charge in [-0.1, -0.05) is 6.58 Å². The van der Waals surface area contributed by atoms with Crippen molar-refractivity contribution >= 4 is 5.97 Å². The molecular formula is C9H12O3. The zero-order chi connectivity index (χ0) is 8.97. The van der Waals surface area contributed by atoms with Gasteiger partial charge in [0.1, 0.15) is 0 Å². The highest BCUT2D eigenvalue weighted by atomic mass is 16.6. The highest BCUT2D eigenvalue weighted by molar-refractivity contribution is 5.87. The second-order valence-electron chi connectivity index (χ2n) is 2.75. The van der Waals surface area contributed by atoms with Crippen LogP contribution in [-0.4, -0.2) is 18.7 Å². The van der Waals surface area contributed by atoms with Crippen LogP contribution in [0.3, 0.4) is 0 Å². The predicted octanol–water partition coefficient (Wildman–Crippen LogP) is 1.41. The maximum Gasteiger partial charge on any atom is 0.337 e. The van der Waals surface area contributed by atoms with Gasteiger partial charge in [0.25, 0.3) is 0 Å². The van der Waals surface area contributed by atoms with Gasteiger partial charge in [-0.15, -0.1) is 0 Å². The Bertz CT molecular complexity index is 214.